The molecule has 1 atom stereocenters. The van der Waals surface area contributed by atoms with Crippen LogP contribution in [0.4, 0.5) is 14.5 Å². The van der Waals surface area contributed by atoms with Crippen LogP contribution in [0, 0.1) is 17.6 Å². The molecule has 0 unspecified atom stereocenters. The average molecular weight is 398 g/mol. The van der Waals surface area contributed by atoms with Gasteiger partial charge in [-0.15, -0.1) is 0 Å². The van der Waals surface area contributed by atoms with Gasteiger partial charge in [0, 0.05) is 16.6 Å². The number of ether oxygens (including phenoxy) is 1. The summed E-state index contributed by atoms with van der Waals surface area (Å²) in [6.07, 6.45) is 3.06. The summed E-state index contributed by atoms with van der Waals surface area (Å²) in [5, 5.41) is 3.07. The van der Waals surface area contributed by atoms with E-state index in [-0.39, 0.29) is 0 Å². The third-order valence-corrected chi connectivity index (χ3v) is 5.23. The van der Waals surface area contributed by atoms with Gasteiger partial charge in [0.25, 0.3) is 5.91 Å². The van der Waals surface area contributed by atoms with Gasteiger partial charge in [0.1, 0.15) is 17.3 Å². The van der Waals surface area contributed by atoms with Crippen LogP contribution in [0.1, 0.15) is 35.0 Å². The van der Waals surface area contributed by atoms with E-state index in [4.69, 9.17) is 4.74 Å². The summed E-state index contributed by atoms with van der Waals surface area (Å²) < 4.78 is 32.2. The fraction of sp³-hybridized carbons (Fsp3) is 0.273. The molecule has 1 amide bonds. The number of para-hydroxylation sites is 1. The van der Waals surface area contributed by atoms with Crippen LogP contribution in [0.5, 0.6) is 0 Å². The summed E-state index contributed by atoms with van der Waals surface area (Å²) >= 11 is 0. The highest BCUT2D eigenvalue weighted by Crippen LogP contribution is 2.32. The summed E-state index contributed by atoms with van der Waals surface area (Å²) in [7, 11) is 0. The second kappa shape index (κ2) is 7.66. The number of halogens is 2. The third-order valence-electron chi connectivity index (χ3n) is 5.23. The van der Waals surface area contributed by atoms with Gasteiger partial charge in [0.05, 0.1) is 5.56 Å². The van der Waals surface area contributed by atoms with Gasteiger partial charge in [-0.25, -0.2) is 13.6 Å². The summed E-state index contributed by atoms with van der Waals surface area (Å²) in [6.45, 7) is 1.56. The van der Waals surface area contributed by atoms with E-state index < -0.39 is 35.8 Å². The number of benzene rings is 2. The normalized spacial score (nSPS) is 15.8. The molecule has 7 heteroatoms. The Kier molecular flexibility index (Phi) is 5.05. The second-order valence-corrected chi connectivity index (χ2v) is 7.41. The molecule has 2 aromatic carbocycles. The molecule has 1 aromatic heterocycles. The number of aromatic amines is 1. The van der Waals surface area contributed by atoms with Crippen molar-refractivity contribution in [3.8, 4) is 0 Å². The number of aryl methyl sites for hydroxylation is 1. The smallest absolute Gasteiger partial charge is 0.338 e. The Morgan fingerprint density at radius 2 is 1.97 bits per heavy atom. The predicted octanol–water partition coefficient (Wildman–Crippen LogP) is 4.37. The van der Waals surface area contributed by atoms with E-state index in [1.165, 1.54) is 17.3 Å². The molecule has 3 aromatic rings. The molecule has 29 heavy (non-hydrogen) atoms. The van der Waals surface area contributed by atoms with Gasteiger partial charge in [0.2, 0.25) is 0 Å². The average Bonchev–Trinajstić information content (AvgIpc) is 3.06. The van der Waals surface area contributed by atoms with Crippen molar-refractivity contribution in [3.63, 3.8) is 0 Å². The summed E-state index contributed by atoms with van der Waals surface area (Å²) in [4.78, 5) is 27.7. The molecule has 2 N–H and O–H groups in total. The number of hydrogen-bond donors (Lipinski definition) is 2. The van der Waals surface area contributed by atoms with Crippen LogP contribution in [0.3, 0.4) is 0 Å². The minimum absolute atomic E-state index is 0.322. The van der Waals surface area contributed by atoms with Crippen molar-refractivity contribution in [2.75, 3.05) is 11.9 Å². The quantitative estimate of drug-likeness (QED) is 0.642. The van der Waals surface area contributed by atoms with Gasteiger partial charge in [-0.05, 0) is 61.1 Å². The molecule has 0 saturated carbocycles. The first-order valence-corrected chi connectivity index (χ1v) is 9.47. The Bertz CT molecular complexity index is 1090. The van der Waals surface area contributed by atoms with E-state index >= 15 is 0 Å². The first-order chi connectivity index (χ1) is 13.9. The van der Waals surface area contributed by atoms with Crippen LogP contribution in [-0.2, 0) is 22.4 Å². The first-order valence-electron chi connectivity index (χ1n) is 9.47. The van der Waals surface area contributed by atoms with Gasteiger partial charge in [-0.2, -0.15) is 0 Å². The number of rotatable bonds is 4. The molecule has 0 saturated heterocycles. The van der Waals surface area contributed by atoms with E-state index in [9.17, 15) is 18.4 Å². The molecule has 0 bridgehead atoms. The van der Waals surface area contributed by atoms with Gasteiger partial charge in [0.15, 0.2) is 6.61 Å². The number of anilines is 1. The van der Waals surface area contributed by atoms with E-state index in [0.29, 0.717) is 11.5 Å². The number of esters is 1. The zero-order chi connectivity index (χ0) is 20.5. The fourth-order valence-electron chi connectivity index (χ4n) is 3.73. The van der Waals surface area contributed by atoms with Crippen molar-refractivity contribution in [1.29, 1.82) is 0 Å². The van der Waals surface area contributed by atoms with E-state index in [0.717, 1.165) is 42.3 Å². The van der Waals surface area contributed by atoms with Gasteiger partial charge in [-0.3, -0.25) is 4.79 Å². The number of carbonyl (C=O) groups excluding carboxylic acids is 2. The van der Waals surface area contributed by atoms with Crippen molar-refractivity contribution in [3.05, 3.63) is 64.9 Å². The minimum atomic E-state index is -0.901. The zero-order valence-corrected chi connectivity index (χ0v) is 15.9. The fourth-order valence-corrected chi connectivity index (χ4v) is 3.73. The number of nitrogens with one attached hydrogen (secondary N) is 2. The highest BCUT2D eigenvalue weighted by molar-refractivity contribution is 5.98. The molecule has 4 rings (SSSR count). The molecule has 150 valence electrons. The highest BCUT2D eigenvalue weighted by Gasteiger charge is 2.21. The maximum Gasteiger partial charge on any atom is 0.338 e. The lowest BCUT2D eigenvalue weighted by atomic mass is 9.87. The summed E-state index contributed by atoms with van der Waals surface area (Å²) in [5.41, 5.74) is 3.15. The molecular formula is C22H20F2N2O3. The van der Waals surface area contributed by atoms with E-state index in [1.807, 2.05) is 6.07 Å². The van der Waals surface area contributed by atoms with Gasteiger partial charge in [-0.1, -0.05) is 13.0 Å². The largest absolute Gasteiger partial charge is 0.452 e. The maximum atomic E-state index is 13.6. The highest BCUT2D eigenvalue weighted by atomic mass is 19.1. The minimum Gasteiger partial charge on any atom is -0.452 e. The topological polar surface area (TPSA) is 71.2 Å². The molecule has 0 aliphatic heterocycles. The second-order valence-electron chi connectivity index (χ2n) is 7.41. The zero-order valence-electron chi connectivity index (χ0n) is 15.9. The van der Waals surface area contributed by atoms with Crippen molar-refractivity contribution in [2.24, 2.45) is 5.92 Å². The molecule has 1 aliphatic rings. The molecule has 0 spiro atoms. The van der Waals surface area contributed by atoms with E-state index in [2.05, 4.69) is 17.2 Å². The molecule has 0 radical (unpaired) electrons. The van der Waals surface area contributed by atoms with Crippen molar-refractivity contribution >= 4 is 28.5 Å². The number of aromatic nitrogens is 1. The lowest BCUT2D eigenvalue weighted by molar-refractivity contribution is -0.119. The van der Waals surface area contributed by atoms with Gasteiger partial charge >= 0.3 is 5.97 Å². The Hall–Kier alpha value is -3.22. The van der Waals surface area contributed by atoms with Crippen LogP contribution in [0.25, 0.3) is 10.9 Å². The molecule has 1 aliphatic carbocycles. The van der Waals surface area contributed by atoms with Crippen molar-refractivity contribution in [1.82, 2.24) is 4.98 Å². The molecule has 0 fully saturated rings. The van der Waals surface area contributed by atoms with E-state index in [1.54, 1.807) is 12.1 Å². The van der Waals surface area contributed by atoms with Crippen LogP contribution in [-0.4, -0.2) is 23.5 Å². The van der Waals surface area contributed by atoms with Crippen molar-refractivity contribution in [2.45, 2.75) is 26.2 Å². The SMILES string of the molecule is C[C@@H]1CCc2[nH]c3ccc(C(=O)OCC(=O)Nc4c(F)cccc4F)cc3c2C1. The Morgan fingerprint density at radius 1 is 1.21 bits per heavy atom. The lowest BCUT2D eigenvalue weighted by Gasteiger charge is -2.18. The molecule has 1 heterocycles. The van der Waals surface area contributed by atoms with Crippen LogP contribution < -0.4 is 5.32 Å². The number of fused-ring (bicyclic) bond motifs is 3. The number of H-pyrrole nitrogens is 1. The lowest BCUT2D eigenvalue weighted by Crippen LogP contribution is -2.22. The van der Waals surface area contributed by atoms with Crippen molar-refractivity contribution < 1.29 is 23.1 Å². The number of carbonyl (C=O) groups is 2. The summed E-state index contributed by atoms with van der Waals surface area (Å²) in [5.74, 6) is -2.71. The molecule has 5 nitrogen and oxygen atoms in total. The first kappa shape index (κ1) is 19.1. The van der Waals surface area contributed by atoms with Crippen LogP contribution in [0.15, 0.2) is 36.4 Å². The number of hydrogen-bond acceptors (Lipinski definition) is 3. The maximum absolute atomic E-state index is 13.6. The molecular weight excluding hydrogens is 378 g/mol. The van der Waals surface area contributed by atoms with Crippen LogP contribution >= 0.6 is 0 Å². The number of amides is 1. The van der Waals surface area contributed by atoms with Gasteiger partial charge < -0.3 is 15.0 Å². The van der Waals surface area contributed by atoms with Crippen LogP contribution in [0.2, 0.25) is 0 Å². The monoisotopic (exact) mass is 398 g/mol. The third kappa shape index (κ3) is 3.85. The predicted molar refractivity (Wildman–Crippen MR) is 105 cm³/mol. The Labute approximate surface area is 166 Å². The Balaban J connectivity index is 1.45. The standard InChI is InChI=1S/C22H20F2N2O3/c1-12-5-7-18-14(9-12)15-10-13(6-8-19(15)25-18)22(28)29-11-20(27)26-21-16(23)3-2-4-17(21)24/h2-4,6,8,10,12,25H,5,7,9,11H2,1H3,(H,26,27)/t12-/m1/s1. The Morgan fingerprint density at radius 3 is 2.72 bits per heavy atom. The summed E-state index contributed by atoms with van der Waals surface area (Å²) in [6, 6.07) is 8.46.